The Balaban J connectivity index is 1.26. The summed E-state index contributed by atoms with van der Waals surface area (Å²) in [7, 11) is 0. The van der Waals surface area contributed by atoms with Crippen molar-refractivity contribution in [2.75, 3.05) is 36.4 Å². The molecule has 0 aliphatic carbocycles. The number of anilines is 2. The molecule has 4 rings (SSSR count). The molecule has 5 nitrogen and oxygen atoms in total. The largest absolute Gasteiger partial charge is 0.369 e. The highest BCUT2D eigenvalue weighted by atomic mass is 35.5. The molecule has 2 N–H and O–H groups in total. The van der Waals surface area contributed by atoms with E-state index in [-0.39, 0.29) is 11.0 Å². The number of nitrogens with zero attached hydrogens (tertiary/aromatic N) is 2. The Hall–Kier alpha value is -2.93. The average molecular weight is 465 g/mol. The van der Waals surface area contributed by atoms with Crippen molar-refractivity contribution in [2.45, 2.75) is 6.54 Å². The van der Waals surface area contributed by atoms with E-state index in [1.54, 1.807) is 24.3 Å². The van der Waals surface area contributed by atoms with E-state index < -0.39 is 0 Å². The summed E-state index contributed by atoms with van der Waals surface area (Å²) in [6, 6.07) is 25.5. The van der Waals surface area contributed by atoms with E-state index >= 15 is 0 Å². The first-order valence-electron chi connectivity index (χ1n) is 10.6. The van der Waals surface area contributed by atoms with Crippen LogP contribution in [-0.2, 0) is 6.54 Å². The van der Waals surface area contributed by atoms with Gasteiger partial charge in [-0.3, -0.25) is 15.0 Å². The Morgan fingerprint density at radius 3 is 2.31 bits per heavy atom. The molecule has 0 unspecified atom stereocenters. The molecule has 0 atom stereocenters. The Kier molecular flexibility index (Phi) is 7.37. The minimum Gasteiger partial charge on any atom is -0.369 e. The number of hydrogen-bond donors (Lipinski definition) is 2. The molecule has 0 aromatic heterocycles. The Labute approximate surface area is 199 Å². The van der Waals surface area contributed by atoms with Crippen LogP contribution in [0.4, 0.5) is 11.4 Å². The molecule has 7 heteroatoms. The minimum absolute atomic E-state index is 0.247. The predicted octanol–water partition coefficient (Wildman–Crippen LogP) is 4.79. The van der Waals surface area contributed by atoms with E-state index in [0.717, 1.165) is 38.4 Å². The third-order valence-electron chi connectivity index (χ3n) is 5.43. The number of amides is 1. The number of carbonyl (C=O) groups excluding carboxylic acids is 1. The normalized spacial score (nSPS) is 14.1. The molecule has 1 heterocycles. The van der Waals surface area contributed by atoms with E-state index in [9.17, 15) is 4.79 Å². The first-order valence-corrected chi connectivity index (χ1v) is 11.3. The minimum atomic E-state index is -0.296. The smallest absolute Gasteiger partial charge is 0.257 e. The molecule has 0 spiro atoms. The molecule has 3 aromatic rings. The summed E-state index contributed by atoms with van der Waals surface area (Å²) >= 11 is 11.2. The SMILES string of the molecule is O=C(NC(=S)Nc1ccc(N2CCN(Cc3ccccc3)CC2)cc1)c1cccc(Cl)c1. The number of carbonyl (C=O) groups is 1. The predicted molar refractivity (Wildman–Crippen MR) is 136 cm³/mol. The van der Waals surface area contributed by atoms with Crippen LogP contribution in [0.15, 0.2) is 78.9 Å². The lowest BCUT2D eigenvalue weighted by molar-refractivity contribution is 0.0977. The topological polar surface area (TPSA) is 47.6 Å². The summed E-state index contributed by atoms with van der Waals surface area (Å²) < 4.78 is 0. The molecule has 1 aliphatic heterocycles. The molecular weight excluding hydrogens is 440 g/mol. The number of piperazine rings is 1. The Bertz CT molecular complexity index is 1070. The maximum absolute atomic E-state index is 12.3. The van der Waals surface area contributed by atoms with Crippen LogP contribution in [0, 0.1) is 0 Å². The van der Waals surface area contributed by atoms with Gasteiger partial charge in [-0.1, -0.05) is 48.0 Å². The number of rotatable bonds is 5. The molecule has 0 saturated carbocycles. The highest BCUT2D eigenvalue weighted by molar-refractivity contribution is 7.80. The van der Waals surface area contributed by atoms with Gasteiger partial charge in [0.15, 0.2) is 5.11 Å². The molecular formula is C25H25ClN4OS. The van der Waals surface area contributed by atoms with Crippen molar-refractivity contribution in [1.82, 2.24) is 10.2 Å². The van der Waals surface area contributed by atoms with Crippen molar-refractivity contribution in [3.63, 3.8) is 0 Å². The van der Waals surface area contributed by atoms with Gasteiger partial charge in [-0.15, -0.1) is 0 Å². The second-order valence-electron chi connectivity index (χ2n) is 7.71. The van der Waals surface area contributed by atoms with Gasteiger partial charge < -0.3 is 10.2 Å². The van der Waals surface area contributed by atoms with E-state index in [1.807, 2.05) is 12.1 Å². The van der Waals surface area contributed by atoms with Gasteiger partial charge in [0.05, 0.1) is 0 Å². The van der Waals surface area contributed by atoms with Gasteiger partial charge in [-0.05, 0) is 60.2 Å². The highest BCUT2D eigenvalue weighted by Gasteiger charge is 2.17. The molecule has 1 fully saturated rings. The van der Waals surface area contributed by atoms with Crippen molar-refractivity contribution in [3.8, 4) is 0 Å². The van der Waals surface area contributed by atoms with E-state index in [0.29, 0.717) is 10.6 Å². The second-order valence-corrected chi connectivity index (χ2v) is 8.56. The number of nitrogens with one attached hydrogen (secondary N) is 2. The summed E-state index contributed by atoms with van der Waals surface area (Å²) in [5.41, 5.74) is 3.83. The fraction of sp³-hybridized carbons (Fsp3) is 0.200. The van der Waals surface area contributed by atoms with Gasteiger partial charge in [-0.25, -0.2) is 0 Å². The maximum Gasteiger partial charge on any atom is 0.257 e. The van der Waals surface area contributed by atoms with Gasteiger partial charge in [-0.2, -0.15) is 0 Å². The molecule has 1 amide bonds. The van der Waals surface area contributed by atoms with Gasteiger partial charge >= 0.3 is 0 Å². The summed E-state index contributed by atoms with van der Waals surface area (Å²) in [5.74, 6) is -0.296. The Morgan fingerprint density at radius 2 is 1.62 bits per heavy atom. The zero-order valence-electron chi connectivity index (χ0n) is 17.6. The van der Waals surface area contributed by atoms with Crippen molar-refractivity contribution in [2.24, 2.45) is 0 Å². The quantitative estimate of drug-likeness (QED) is 0.532. The van der Waals surface area contributed by atoms with Gasteiger partial charge in [0.25, 0.3) is 5.91 Å². The zero-order valence-corrected chi connectivity index (χ0v) is 19.2. The van der Waals surface area contributed by atoms with Crippen LogP contribution in [0.25, 0.3) is 0 Å². The Morgan fingerprint density at radius 1 is 0.906 bits per heavy atom. The molecule has 1 saturated heterocycles. The lowest BCUT2D eigenvalue weighted by Gasteiger charge is -2.36. The van der Waals surface area contributed by atoms with Crippen molar-refractivity contribution >= 4 is 46.2 Å². The lowest BCUT2D eigenvalue weighted by Crippen LogP contribution is -2.45. The summed E-state index contributed by atoms with van der Waals surface area (Å²) in [5, 5.41) is 6.50. The van der Waals surface area contributed by atoms with Crippen molar-refractivity contribution in [1.29, 1.82) is 0 Å². The fourth-order valence-corrected chi connectivity index (χ4v) is 4.13. The average Bonchev–Trinajstić information content (AvgIpc) is 2.81. The summed E-state index contributed by atoms with van der Waals surface area (Å²) in [4.78, 5) is 17.2. The zero-order chi connectivity index (χ0) is 22.3. The van der Waals surface area contributed by atoms with E-state index in [2.05, 4.69) is 62.9 Å². The summed E-state index contributed by atoms with van der Waals surface area (Å²) in [6.07, 6.45) is 0. The van der Waals surface area contributed by atoms with E-state index in [4.69, 9.17) is 23.8 Å². The van der Waals surface area contributed by atoms with Gasteiger partial charge in [0.1, 0.15) is 0 Å². The number of benzene rings is 3. The molecule has 0 radical (unpaired) electrons. The standard InChI is InChI=1S/C25H25ClN4OS/c26-21-8-4-7-20(17-21)24(31)28-25(32)27-22-9-11-23(12-10-22)30-15-13-29(14-16-30)18-19-5-2-1-3-6-19/h1-12,17H,13-16,18H2,(H2,27,28,31,32). The van der Waals surface area contributed by atoms with Crippen LogP contribution in [0.1, 0.15) is 15.9 Å². The second kappa shape index (κ2) is 10.6. The molecule has 0 bridgehead atoms. The number of hydrogen-bond acceptors (Lipinski definition) is 4. The van der Waals surface area contributed by atoms with Gasteiger partial charge in [0.2, 0.25) is 0 Å². The van der Waals surface area contributed by atoms with Crippen LogP contribution in [0.5, 0.6) is 0 Å². The highest BCUT2D eigenvalue weighted by Crippen LogP contribution is 2.20. The molecule has 3 aromatic carbocycles. The molecule has 164 valence electrons. The first-order chi connectivity index (χ1) is 15.6. The van der Waals surface area contributed by atoms with Crippen LogP contribution in [0.3, 0.4) is 0 Å². The van der Waals surface area contributed by atoms with Crippen molar-refractivity contribution in [3.05, 3.63) is 95.0 Å². The third kappa shape index (κ3) is 6.07. The maximum atomic E-state index is 12.3. The first kappa shape index (κ1) is 22.3. The van der Waals surface area contributed by atoms with Crippen LogP contribution in [-0.4, -0.2) is 42.1 Å². The van der Waals surface area contributed by atoms with Crippen molar-refractivity contribution < 1.29 is 4.79 Å². The number of halogens is 1. The molecule has 1 aliphatic rings. The van der Waals surface area contributed by atoms with E-state index in [1.165, 1.54) is 11.3 Å². The number of thiocarbonyl (C=S) groups is 1. The monoisotopic (exact) mass is 464 g/mol. The fourth-order valence-electron chi connectivity index (χ4n) is 3.73. The lowest BCUT2D eigenvalue weighted by atomic mass is 10.2. The summed E-state index contributed by atoms with van der Waals surface area (Å²) in [6.45, 7) is 5.06. The van der Waals surface area contributed by atoms with Crippen LogP contribution >= 0.6 is 23.8 Å². The molecule has 32 heavy (non-hydrogen) atoms. The van der Waals surface area contributed by atoms with Gasteiger partial charge in [0, 0.05) is 54.7 Å². The third-order valence-corrected chi connectivity index (χ3v) is 5.86. The van der Waals surface area contributed by atoms with Crippen LogP contribution in [0.2, 0.25) is 5.02 Å². The van der Waals surface area contributed by atoms with Crippen LogP contribution < -0.4 is 15.5 Å².